The zero-order valence-corrected chi connectivity index (χ0v) is 8.83. The van der Waals surface area contributed by atoms with Gasteiger partial charge in [-0.2, -0.15) is 0 Å². The third kappa shape index (κ3) is 1.55. The number of ether oxygens (including phenoxy) is 1. The summed E-state index contributed by atoms with van der Waals surface area (Å²) in [6, 6.07) is 8.12. The average molecular weight is 215 g/mol. The van der Waals surface area contributed by atoms with E-state index >= 15 is 0 Å². The topological polar surface area (TPSA) is 22.1 Å². The highest BCUT2D eigenvalue weighted by Crippen LogP contribution is 2.30. The lowest BCUT2D eigenvalue weighted by Crippen LogP contribution is -2.02. The summed E-state index contributed by atoms with van der Waals surface area (Å²) in [6.45, 7) is 0. The van der Waals surface area contributed by atoms with Gasteiger partial charge in [0.2, 0.25) is 0 Å². The van der Waals surface area contributed by atoms with Gasteiger partial charge in [-0.05, 0) is 35.7 Å². The van der Waals surface area contributed by atoms with Gasteiger partial charge in [0.25, 0.3) is 0 Å². The number of para-hydroxylation sites is 1. The van der Waals surface area contributed by atoms with Crippen LogP contribution in [0, 0.1) is 0 Å². The smallest absolute Gasteiger partial charge is 0.133 e. The number of aromatic nitrogens is 1. The van der Waals surface area contributed by atoms with Crippen LogP contribution >= 0.6 is 11.5 Å². The maximum Gasteiger partial charge on any atom is 0.133 e. The van der Waals surface area contributed by atoms with Gasteiger partial charge in [0.1, 0.15) is 11.5 Å². The lowest BCUT2D eigenvalue weighted by molar-refractivity contribution is 0.498. The van der Waals surface area contributed by atoms with E-state index in [0.717, 1.165) is 23.5 Å². The number of rotatable bonds is 1. The molecule has 0 N–H and O–H groups in total. The fourth-order valence-corrected chi connectivity index (χ4v) is 2.16. The summed E-state index contributed by atoms with van der Waals surface area (Å²) in [5.74, 6) is 1.88. The van der Waals surface area contributed by atoms with Gasteiger partial charge in [-0.1, -0.05) is 18.2 Å². The Morgan fingerprint density at radius 2 is 2.20 bits per heavy atom. The number of hydrogen-bond acceptors (Lipinski definition) is 3. The highest BCUT2D eigenvalue weighted by molar-refractivity contribution is 7.03. The molecule has 0 unspecified atom stereocenters. The molecule has 74 valence electrons. The van der Waals surface area contributed by atoms with E-state index in [0.29, 0.717) is 0 Å². The van der Waals surface area contributed by atoms with Gasteiger partial charge >= 0.3 is 0 Å². The van der Waals surface area contributed by atoms with Crippen molar-refractivity contribution in [3.8, 4) is 5.75 Å². The lowest BCUT2D eigenvalue weighted by Gasteiger charge is -2.16. The first kappa shape index (κ1) is 8.68. The molecule has 1 aliphatic heterocycles. The van der Waals surface area contributed by atoms with Crippen LogP contribution in [-0.4, -0.2) is 4.37 Å². The number of hydrogen-bond donors (Lipinski definition) is 0. The predicted molar refractivity (Wildman–Crippen MR) is 60.9 cm³/mol. The molecule has 1 aromatic carbocycles. The number of fused-ring (bicyclic) bond motifs is 1. The van der Waals surface area contributed by atoms with Gasteiger partial charge in [-0.15, -0.1) is 0 Å². The van der Waals surface area contributed by atoms with Crippen molar-refractivity contribution < 1.29 is 4.74 Å². The zero-order chi connectivity index (χ0) is 10.1. The predicted octanol–water partition coefficient (Wildman–Crippen LogP) is 3.12. The number of nitrogens with zero attached hydrogens (tertiary/aromatic N) is 1. The van der Waals surface area contributed by atoms with Crippen LogP contribution in [-0.2, 0) is 6.42 Å². The normalized spacial score (nSPS) is 14.0. The Labute approximate surface area is 92.0 Å². The second kappa shape index (κ2) is 3.51. The molecule has 3 heteroatoms. The Morgan fingerprint density at radius 1 is 1.27 bits per heavy atom. The third-order valence-electron chi connectivity index (χ3n) is 2.42. The molecule has 0 atom stereocenters. The summed E-state index contributed by atoms with van der Waals surface area (Å²) in [4.78, 5) is 0. The molecule has 15 heavy (non-hydrogen) atoms. The molecule has 2 heterocycles. The maximum atomic E-state index is 5.80. The minimum absolute atomic E-state index is 0.919. The first-order valence-electron chi connectivity index (χ1n) is 4.79. The van der Waals surface area contributed by atoms with Crippen molar-refractivity contribution in [2.75, 3.05) is 0 Å². The number of benzene rings is 1. The van der Waals surface area contributed by atoms with Gasteiger partial charge in [0.05, 0.1) is 6.20 Å². The van der Waals surface area contributed by atoms with Crippen molar-refractivity contribution in [1.82, 2.24) is 4.37 Å². The first-order chi connectivity index (χ1) is 7.43. The molecular weight excluding hydrogens is 206 g/mol. The average Bonchev–Trinajstić information content (AvgIpc) is 2.82. The molecule has 0 saturated heterocycles. The van der Waals surface area contributed by atoms with Gasteiger partial charge < -0.3 is 4.74 Å². The highest BCUT2D eigenvalue weighted by Gasteiger charge is 2.13. The Bertz CT molecular complexity index is 502. The van der Waals surface area contributed by atoms with Crippen molar-refractivity contribution >= 4 is 17.3 Å². The highest BCUT2D eigenvalue weighted by atomic mass is 32.1. The lowest BCUT2D eigenvalue weighted by atomic mass is 10.1. The van der Waals surface area contributed by atoms with E-state index in [1.165, 1.54) is 17.1 Å². The van der Waals surface area contributed by atoms with Crippen LogP contribution in [0.2, 0.25) is 0 Å². The summed E-state index contributed by atoms with van der Waals surface area (Å²) in [7, 11) is 0. The van der Waals surface area contributed by atoms with E-state index < -0.39 is 0 Å². The van der Waals surface area contributed by atoms with E-state index in [9.17, 15) is 0 Å². The fraction of sp³-hybridized carbons (Fsp3) is 0.0833. The summed E-state index contributed by atoms with van der Waals surface area (Å²) in [6.07, 6.45) is 4.87. The van der Waals surface area contributed by atoms with E-state index in [1.54, 1.807) is 0 Å². The summed E-state index contributed by atoms with van der Waals surface area (Å²) in [5, 5.41) is 2.00. The van der Waals surface area contributed by atoms with Crippen LogP contribution in [0.3, 0.4) is 0 Å². The standard InChI is InChI=1S/C12H9NOS/c1-2-4-11-9(3-1)5-6-12(14-11)10-7-13-15-8-10/h1-4,6-8H,5H2. The maximum absolute atomic E-state index is 5.80. The molecule has 0 spiro atoms. The zero-order valence-electron chi connectivity index (χ0n) is 8.01. The van der Waals surface area contributed by atoms with Gasteiger partial charge in [0.15, 0.2) is 0 Å². The minimum atomic E-state index is 0.919. The van der Waals surface area contributed by atoms with E-state index in [1.807, 2.05) is 29.8 Å². The van der Waals surface area contributed by atoms with E-state index in [4.69, 9.17) is 4.74 Å². The molecule has 3 rings (SSSR count). The molecular formula is C12H9NOS. The van der Waals surface area contributed by atoms with Crippen molar-refractivity contribution in [2.24, 2.45) is 0 Å². The Hall–Kier alpha value is -1.61. The second-order valence-corrected chi connectivity index (χ2v) is 4.05. The molecule has 1 aromatic heterocycles. The van der Waals surface area contributed by atoms with Crippen LogP contribution < -0.4 is 4.74 Å². The van der Waals surface area contributed by atoms with Crippen LogP contribution in [0.4, 0.5) is 0 Å². The first-order valence-corrected chi connectivity index (χ1v) is 5.63. The fourth-order valence-electron chi connectivity index (χ4n) is 1.64. The molecule has 2 nitrogen and oxygen atoms in total. The van der Waals surface area contributed by atoms with Gasteiger partial charge in [0, 0.05) is 10.9 Å². The van der Waals surface area contributed by atoms with Crippen LogP contribution in [0.15, 0.2) is 41.9 Å². The SMILES string of the molecule is C1=C(c2cnsc2)Oc2ccccc2C1. The molecule has 0 aliphatic carbocycles. The van der Waals surface area contributed by atoms with Crippen molar-refractivity contribution in [1.29, 1.82) is 0 Å². The molecule has 0 fully saturated rings. The number of allylic oxidation sites excluding steroid dienone is 1. The minimum Gasteiger partial charge on any atom is -0.457 e. The summed E-state index contributed by atoms with van der Waals surface area (Å²) >= 11 is 1.44. The largest absolute Gasteiger partial charge is 0.457 e. The summed E-state index contributed by atoms with van der Waals surface area (Å²) < 4.78 is 9.88. The molecule has 0 amide bonds. The third-order valence-corrected chi connectivity index (χ3v) is 3.00. The molecule has 0 saturated carbocycles. The second-order valence-electron chi connectivity index (χ2n) is 3.40. The van der Waals surface area contributed by atoms with Crippen molar-refractivity contribution in [3.63, 3.8) is 0 Å². The Morgan fingerprint density at radius 3 is 3.07 bits per heavy atom. The van der Waals surface area contributed by atoms with Crippen LogP contribution in [0.1, 0.15) is 11.1 Å². The van der Waals surface area contributed by atoms with Gasteiger partial charge in [-0.3, -0.25) is 0 Å². The van der Waals surface area contributed by atoms with Crippen LogP contribution in [0.5, 0.6) is 5.75 Å². The Balaban J connectivity index is 1.96. The van der Waals surface area contributed by atoms with Gasteiger partial charge in [-0.25, -0.2) is 4.37 Å². The monoisotopic (exact) mass is 215 g/mol. The summed E-state index contributed by atoms with van der Waals surface area (Å²) in [5.41, 5.74) is 2.30. The van der Waals surface area contributed by atoms with Crippen molar-refractivity contribution in [2.45, 2.75) is 6.42 Å². The quantitative estimate of drug-likeness (QED) is 0.729. The van der Waals surface area contributed by atoms with E-state index in [-0.39, 0.29) is 0 Å². The molecule has 0 bridgehead atoms. The van der Waals surface area contributed by atoms with Crippen molar-refractivity contribution in [3.05, 3.63) is 53.0 Å². The molecule has 0 radical (unpaired) electrons. The van der Waals surface area contributed by atoms with E-state index in [2.05, 4.69) is 16.5 Å². The Kier molecular flexibility index (Phi) is 2.03. The molecule has 2 aromatic rings. The van der Waals surface area contributed by atoms with Crippen LogP contribution in [0.25, 0.3) is 5.76 Å². The molecule has 1 aliphatic rings.